The van der Waals surface area contributed by atoms with Crippen LogP contribution in [0, 0.1) is 13.8 Å². The van der Waals surface area contributed by atoms with Gasteiger partial charge in [0.1, 0.15) is 5.75 Å². The molecular weight excluding hydrogens is 346 g/mol. The van der Waals surface area contributed by atoms with Gasteiger partial charge in [-0.3, -0.25) is 0 Å². The number of rotatable bonds is 9. The van der Waals surface area contributed by atoms with Crippen molar-refractivity contribution < 1.29 is 19.0 Å². The van der Waals surface area contributed by atoms with Gasteiger partial charge in [0.15, 0.2) is 11.5 Å². The topological polar surface area (TPSA) is 95.2 Å². The minimum absolute atomic E-state index is 0.498. The van der Waals surface area contributed by atoms with Gasteiger partial charge in [-0.2, -0.15) is 5.10 Å². The normalized spacial score (nSPS) is 10.6. The highest BCUT2D eigenvalue weighted by Gasteiger charge is 2.06. The van der Waals surface area contributed by atoms with E-state index in [9.17, 15) is 4.79 Å². The molecule has 0 spiro atoms. The molecule has 2 aromatic carbocycles. The van der Waals surface area contributed by atoms with Gasteiger partial charge < -0.3 is 19.9 Å². The lowest BCUT2D eigenvalue weighted by Gasteiger charge is -2.12. The van der Waals surface area contributed by atoms with Crippen LogP contribution in [0.1, 0.15) is 23.1 Å². The lowest BCUT2D eigenvalue weighted by Crippen LogP contribution is -2.24. The van der Waals surface area contributed by atoms with Crippen molar-refractivity contribution in [2.24, 2.45) is 10.8 Å². The van der Waals surface area contributed by atoms with Gasteiger partial charge in [-0.25, -0.2) is 10.2 Å². The predicted octanol–water partition coefficient (Wildman–Crippen LogP) is 3.16. The summed E-state index contributed by atoms with van der Waals surface area (Å²) in [7, 11) is 1.56. The molecule has 0 aliphatic rings. The molecule has 0 bridgehead atoms. The van der Waals surface area contributed by atoms with E-state index in [1.807, 2.05) is 19.1 Å². The first-order valence-electron chi connectivity index (χ1n) is 8.59. The number of hydrazone groups is 1. The molecule has 0 radical (unpaired) electrons. The number of carbonyl (C=O) groups excluding carboxylic acids is 1. The molecule has 0 unspecified atom stereocenters. The van der Waals surface area contributed by atoms with Crippen molar-refractivity contribution >= 4 is 12.2 Å². The molecule has 2 amide bonds. The minimum Gasteiger partial charge on any atom is -0.493 e. The van der Waals surface area contributed by atoms with Gasteiger partial charge in [0.2, 0.25) is 0 Å². The third kappa shape index (κ3) is 6.54. The van der Waals surface area contributed by atoms with E-state index in [0.29, 0.717) is 24.7 Å². The zero-order valence-electron chi connectivity index (χ0n) is 15.8. The van der Waals surface area contributed by atoms with Crippen molar-refractivity contribution in [3.05, 3.63) is 53.1 Å². The summed E-state index contributed by atoms with van der Waals surface area (Å²) < 4.78 is 16.9. The van der Waals surface area contributed by atoms with Crippen molar-refractivity contribution in [1.82, 2.24) is 5.43 Å². The second-order valence-corrected chi connectivity index (χ2v) is 5.96. The third-order valence-electron chi connectivity index (χ3n) is 3.71. The van der Waals surface area contributed by atoms with Crippen LogP contribution in [0.15, 0.2) is 41.5 Å². The highest BCUT2D eigenvalue weighted by atomic mass is 16.5. The van der Waals surface area contributed by atoms with E-state index in [2.05, 4.69) is 23.5 Å². The Bertz CT molecular complexity index is 806. The third-order valence-corrected chi connectivity index (χ3v) is 3.71. The highest BCUT2D eigenvalue weighted by molar-refractivity contribution is 5.82. The van der Waals surface area contributed by atoms with Crippen molar-refractivity contribution in [2.45, 2.75) is 20.3 Å². The molecule has 3 N–H and O–H groups in total. The van der Waals surface area contributed by atoms with Gasteiger partial charge in [-0.15, -0.1) is 0 Å². The fourth-order valence-electron chi connectivity index (χ4n) is 2.44. The highest BCUT2D eigenvalue weighted by Crippen LogP contribution is 2.27. The van der Waals surface area contributed by atoms with Gasteiger partial charge in [-0.05, 0) is 49.2 Å². The fourth-order valence-corrected chi connectivity index (χ4v) is 2.44. The number of carbonyl (C=O) groups is 1. The maximum Gasteiger partial charge on any atom is 0.332 e. The number of primary amides is 1. The van der Waals surface area contributed by atoms with Crippen LogP contribution < -0.4 is 25.4 Å². The number of hydrogen-bond acceptors (Lipinski definition) is 5. The summed E-state index contributed by atoms with van der Waals surface area (Å²) in [5.74, 6) is 2.10. The molecule has 0 aliphatic carbocycles. The van der Waals surface area contributed by atoms with E-state index in [0.717, 1.165) is 23.3 Å². The predicted molar refractivity (Wildman–Crippen MR) is 105 cm³/mol. The number of nitrogens with zero attached hydrogens (tertiary/aromatic N) is 1. The number of ether oxygens (including phenoxy) is 3. The molecule has 7 heteroatoms. The summed E-state index contributed by atoms with van der Waals surface area (Å²) in [5, 5.41) is 3.71. The Hall–Kier alpha value is -3.22. The Morgan fingerprint density at radius 2 is 1.78 bits per heavy atom. The monoisotopic (exact) mass is 371 g/mol. The van der Waals surface area contributed by atoms with E-state index in [-0.39, 0.29) is 0 Å². The molecule has 7 nitrogen and oxygen atoms in total. The lowest BCUT2D eigenvalue weighted by molar-refractivity contribution is 0.239. The van der Waals surface area contributed by atoms with Gasteiger partial charge >= 0.3 is 6.03 Å². The molecule has 2 aromatic rings. The quantitative estimate of drug-likeness (QED) is 0.402. The number of benzene rings is 2. The average molecular weight is 371 g/mol. The van der Waals surface area contributed by atoms with E-state index < -0.39 is 6.03 Å². The molecule has 0 fully saturated rings. The van der Waals surface area contributed by atoms with Crippen molar-refractivity contribution in [3.8, 4) is 17.2 Å². The fraction of sp³-hybridized carbons (Fsp3) is 0.300. The van der Waals surface area contributed by atoms with Gasteiger partial charge in [0, 0.05) is 6.42 Å². The molecule has 27 heavy (non-hydrogen) atoms. The van der Waals surface area contributed by atoms with Crippen molar-refractivity contribution in [2.75, 3.05) is 20.3 Å². The van der Waals surface area contributed by atoms with Crippen LogP contribution in [0.3, 0.4) is 0 Å². The van der Waals surface area contributed by atoms with Crippen molar-refractivity contribution in [3.63, 3.8) is 0 Å². The summed E-state index contributed by atoms with van der Waals surface area (Å²) in [5.41, 5.74) is 10.2. The van der Waals surface area contributed by atoms with Crippen molar-refractivity contribution in [1.29, 1.82) is 0 Å². The molecule has 0 aliphatic heterocycles. The van der Waals surface area contributed by atoms with E-state index in [1.165, 1.54) is 11.8 Å². The molecule has 0 aromatic heterocycles. The molecule has 144 valence electrons. The molecule has 0 saturated carbocycles. The Kier molecular flexibility index (Phi) is 7.49. The van der Waals surface area contributed by atoms with Crippen LogP contribution in [0.25, 0.3) is 0 Å². The van der Waals surface area contributed by atoms with Crippen LogP contribution >= 0.6 is 0 Å². The summed E-state index contributed by atoms with van der Waals surface area (Å²) in [4.78, 5) is 10.6. The second kappa shape index (κ2) is 10.1. The first-order chi connectivity index (χ1) is 13.0. The van der Waals surface area contributed by atoms with Crippen LogP contribution in [0.2, 0.25) is 0 Å². The van der Waals surface area contributed by atoms with E-state index >= 15 is 0 Å². The zero-order valence-corrected chi connectivity index (χ0v) is 15.8. The van der Waals surface area contributed by atoms with E-state index in [4.69, 9.17) is 19.9 Å². The first kappa shape index (κ1) is 20.1. The molecule has 0 atom stereocenters. The molecular formula is C20H25N3O4. The summed E-state index contributed by atoms with van der Waals surface area (Å²) in [6.45, 7) is 5.16. The Morgan fingerprint density at radius 3 is 2.44 bits per heavy atom. The van der Waals surface area contributed by atoms with Crippen LogP contribution in [-0.2, 0) is 0 Å². The number of methoxy groups -OCH3 is 1. The number of nitrogens with two attached hydrogens (primary N) is 1. The van der Waals surface area contributed by atoms with Crippen LogP contribution in [-0.4, -0.2) is 32.6 Å². The number of nitrogens with one attached hydrogen (secondary N) is 1. The van der Waals surface area contributed by atoms with E-state index in [1.54, 1.807) is 25.3 Å². The number of aryl methyl sites for hydroxylation is 2. The molecule has 0 heterocycles. The summed E-state index contributed by atoms with van der Waals surface area (Å²) in [6, 6.07) is 10.7. The van der Waals surface area contributed by atoms with Gasteiger partial charge in [0.05, 0.1) is 26.5 Å². The zero-order chi connectivity index (χ0) is 19.6. The Morgan fingerprint density at radius 1 is 1.07 bits per heavy atom. The van der Waals surface area contributed by atoms with Gasteiger partial charge in [-0.1, -0.05) is 17.7 Å². The SMILES string of the molecule is COc1cc(C=NNC(N)=O)ccc1OCCCOc1ccc(C)cc1C. The van der Waals surface area contributed by atoms with Gasteiger partial charge in [0.25, 0.3) is 0 Å². The van der Waals surface area contributed by atoms with Crippen LogP contribution in [0.4, 0.5) is 4.79 Å². The Balaban J connectivity index is 1.82. The second-order valence-electron chi connectivity index (χ2n) is 5.96. The van der Waals surface area contributed by atoms with Crippen LogP contribution in [0.5, 0.6) is 17.2 Å². The summed E-state index contributed by atoms with van der Waals surface area (Å²) in [6.07, 6.45) is 2.21. The minimum atomic E-state index is -0.721. The summed E-state index contributed by atoms with van der Waals surface area (Å²) >= 11 is 0. The maximum absolute atomic E-state index is 10.6. The smallest absolute Gasteiger partial charge is 0.332 e. The largest absolute Gasteiger partial charge is 0.493 e. The number of urea groups is 1. The molecule has 2 rings (SSSR count). The maximum atomic E-state index is 10.6. The Labute approximate surface area is 159 Å². The molecule has 0 saturated heterocycles. The lowest BCUT2D eigenvalue weighted by atomic mass is 10.1. The number of amides is 2. The first-order valence-corrected chi connectivity index (χ1v) is 8.59. The number of hydrogen-bond donors (Lipinski definition) is 2. The average Bonchev–Trinajstić information content (AvgIpc) is 2.63. The standard InChI is InChI=1S/C20H25N3O4/c1-14-5-7-17(15(2)11-14)26-9-4-10-27-18-8-6-16(12-19(18)25-3)13-22-23-20(21)24/h5-8,11-13H,4,9-10H2,1-3H3,(H3,21,23,24).